The topological polar surface area (TPSA) is 104 Å². The molecule has 1 aromatic carbocycles. The van der Waals surface area contributed by atoms with E-state index in [1.54, 1.807) is 6.20 Å². The Labute approximate surface area is 141 Å². The summed E-state index contributed by atoms with van der Waals surface area (Å²) in [4.78, 5) is 12.4. The molecule has 118 valence electrons. The minimum Gasteiger partial charge on any atom is -0.487 e. The lowest BCUT2D eigenvalue weighted by atomic mass is 10.1. The molecule has 0 atom stereocenters. The largest absolute Gasteiger partial charge is 0.487 e. The van der Waals surface area contributed by atoms with Crippen molar-refractivity contribution in [2.24, 2.45) is 5.73 Å². The first-order valence-corrected chi connectivity index (χ1v) is 8.30. The summed E-state index contributed by atoms with van der Waals surface area (Å²) in [6.45, 7) is 2.17. The average molecular weight is 346 g/mol. The Morgan fingerprint density at radius 1 is 1.35 bits per heavy atom. The number of ether oxygens (including phenoxy) is 1. The van der Waals surface area contributed by atoms with Crippen LogP contribution in [0.3, 0.4) is 0 Å². The summed E-state index contributed by atoms with van der Waals surface area (Å²) in [5.41, 5.74) is 14.1. The fourth-order valence-corrected chi connectivity index (χ4v) is 3.81. The van der Waals surface area contributed by atoms with Crippen molar-refractivity contribution in [3.05, 3.63) is 47.3 Å². The average Bonchev–Trinajstić information content (AvgIpc) is 3.13. The van der Waals surface area contributed by atoms with Crippen LogP contribution in [0.5, 0.6) is 5.75 Å². The van der Waals surface area contributed by atoms with Crippen LogP contribution in [0.15, 0.2) is 30.5 Å². The second-order valence-electron chi connectivity index (χ2n) is 4.84. The predicted octanol–water partition coefficient (Wildman–Crippen LogP) is 2.84. The van der Waals surface area contributed by atoms with Crippen molar-refractivity contribution in [2.75, 3.05) is 5.73 Å². The summed E-state index contributed by atoms with van der Waals surface area (Å²) in [5, 5.41) is 0.420. The van der Waals surface area contributed by atoms with Gasteiger partial charge in [-0.1, -0.05) is 12.1 Å². The Morgan fingerprint density at radius 2 is 2.13 bits per heavy atom. The first-order chi connectivity index (χ1) is 11.1. The van der Waals surface area contributed by atoms with E-state index in [0.29, 0.717) is 22.9 Å². The van der Waals surface area contributed by atoms with Gasteiger partial charge in [-0.15, -0.1) is 11.3 Å². The van der Waals surface area contributed by atoms with Crippen molar-refractivity contribution < 1.29 is 9.53 Å². The van der Waals surface area contributed by atoms with E-state index >= 15 is 0 Å². The molecule has 3 rings (SSSR count). The third-order valence-corrected chi connectivity index (χ3v) is 5.00. The molecule has 0 aliphatic carbocycles. The lowest BCUT2D eigenvalue weighted by Crippen LogP contribution is -2.13. The molecule has 2 aromatic heterocycles. The monoisotopic (exact) mass is 346 g/mol. The van der Waals surface area contributed by atoms with E-state index in [4.69, 9.17) is 16.2 Å². The van der Waals surface area contributed by atoms with Crippen molar-refractivity contribution in [3.8, 4) is 16.2 Å². The van der Waals surface area contributed by atoms with E-state index in [-0.39, 0.29) is 0 Å². The number of aromatic nitrogens is 2. The molecule has 0 fully saturated rings. The number of rotatable bonds is 5. The highest BCUT2D eigenvalue weighted by Gasteiger charge is 2.20. The van der Waals surface area contributed by atoms with Gasteiger partial charge in [0.05, 0.1) is 28.5 Å². The number of amides is 1. The molecule has 8 heteroatoms. The molecule has 3 aromatic rings. The smallest absolute Gasteiger partial charge is 0.251 e. The van der Waals surface area contributed by atoms with Gasteiger partial charge in [-0.25, -0.2) is 0 Å². The molecule has 0 radical (unpaired) electrons. The minimum atomic E-state index is -0.519. The first kappa shape index (κ1) is 15.4. The number of carbonyl (C=O) groups excluding carboxylic acids is 1. The fourth-order valence-electron chi connectivity index (χ4n) is 2.28. The number of primary amides is 1. The van der Waals surface area contributed by atoms with Gasteiger partial charge < -0.3 is 16.2 Å². The van der Waals surface area contributed by atoms with E-state index < -0.39 is 5.91 Å². The Bertz CT molecular complexity index is 843. The summed E-state index contributed by atoms with van der Waals surface area (Å²) in [5.74, 6) is 0.176. The quantitative estimate of drug-likeness (QED) is 0.739. The highest BCUT2D eigenvalue weighted by atomic mass is 32.1. The summed E-state index contributed by atoms with van der Waals surface area (Å²) in [7, 11) is 0. The van der Waals surface area contributed by atoms with Crippen LogP contribution in [0.1, 0.15) is 21.6 Å². The lowest BCUT2D eigenvalue weighted by molar-refractivity contribution is 0.100. The molecule has 23 heavy (non-hydrogen) atoms. The van der Waals surface area contributed by atoms with Crippen LogP contribution in [0, 0.1) is 6.92 Å². The Kier molecular flexibility index (Phi) is 4.26. The van der Waals surface area contributed by atoms with Gasteiger partial charge in [0.25, 0.3) is 5.91 Å². The number of hydrogen-bond donors (Lipinski definition) is 2. The number of para-hydroxylation sites is 1. The molecule has 2 heterocycles. The molecule has 0 aliphatic rings. The van der Waals surface area contributed by atoms with Gasteiger partial charge in [0.2, 0.25) is 0 Å². The van der Waals surface area contributed by atoms with E-state index in [9.17, 15) is 4.79 Å². The van der Waals surface area contributed by atoms with Gasteiger partial charge in [-0.05, 0) is 24.6 Å². The van der Waals surface area contributed by atoms with E-state index in [1.807, 2.05) is 31.2 Å². The van der Waals surface area contributed by atoms with Gasteiger partial charge in [0.1, 0.15) is 18.1 Å². The van der Waals surface area contributed by atoms with Gasteiger partial charge in [-0.2, -0.15) is 8.75 Å². The van der Waals surface area contributed by atoms with Crippen LogP contribution in [0.4, 0.5) is 5.00 Å². The molecule has 6 nitrogen and oxygen atoms in total. The standard InChI is InChI=1S/C15H14N4O2S2/c1-8-12(14(16)20)15(17)22-13(8)10-4-2-3-5-11(10)21-7-9-6-18-23-19-9/h2-6H,7,17H2,1H3,(H2,16,20). The molecule has 0 saturated carbocycles. The molecule has 0 aliphatic heterocycles. The number of anilines is 1. The summed E-state index contributed by atoms with van der Waals surface area (Å²) >= 11 is 2.47. The van der Waals surface area contributed by atoms with Crippen LogP contribution < -0.4 is 16.2 Å². The second-order valence-corrected chi connectivity index (χ2v) is 6.45. The van der Waals surface area contributed by atoms with Crippen LogP contribution in [0.2, 0.25) is 0 Å². The van der Waals surface area contributed by atoms with Crippen LogP contribution in [0.25, 0.3) is 10.4 Å². The van der Waals surface area contributed by atoms with Crippen LogP contribution in [-0.4, -0.2) is 14.7 Å². The number of thiophene rings is 1. The number of nitrogens with zero attached hydrogens (tertiary/aromatic N) is 2. The zero-order chi connectivity index (χ0) is 16.4. The number of benzene rings is 1. The molecule has 1 amide bonds. The number of hydrogen-bond acceptors (Lipinski definition) is 7. The van der Waals surface area contributed by atoms with E-state index in [0.717, 1.165) is 33.4 Å². The molecule has 0 spiro atoms. The lowest BCUT2D eigenvalue weighted by Gasteiger charge is -2.10. The first-order valence-electron chi connectivity index (χ1n) is 6.75. The van der Waals surface area contributed by atoms with Gasteiger partial charge in [0, 0.05) is 10.4 Å². The van der Waals surface area contributed by atoms with Gasteiger partial charge in [-0.3, -0.25) is 4.79 Å². The third kappa shape index (κ3) is 3.03. The van der Waals surface area contributed by atoms with Gasteiger partial charge in [0.15, 0.2) is 0 Å². The maximum atomic E-state index is 11.6. The van der Waals surface area contributed by atoms with E-state index in [2.05, 4.69) is 8.75 Å². The van der Waals surface area contributed by atoms with Crippen molar-refractivity contribution >= 4 is 34.0 Å². The van der Waals surface area contributed by atoms with Crippen molar-refractivity contribution in [3.63, 3.8) is 0 Å². The number of nitrogen functional groups attached to an aromatic ring is 1. The highest BCUT2D eigenvalue weighted by molar-refractivity contribution is 7.20. The number of carbonyl (C=O) groups is 1. The molecular weight excluding hydrogens is 332 g/mol. The normalized spacial score (nSPS) is 10.7. The summed E-state index contributed by atoms with van der Waals surface area (Å²) in [6.07, 6.45) is 1.67. The SMILES string of the molecule is Cc1c(-c2ccccc2OCc2cnsn2)sc(N)c1C(N)=O. The number of nitrogens with two attached hydrogens (primary N) is 2. The molecule has 4 N–H and O–H groups in total. The summed E-state index contributed by atoms with van der Waals surface area (Å²) < 4.78 is 13.9. The molecule has 0 saturated heterocycles. The zero-order valence-corrected chi connectivity index (χ0v) is 13.9. The van der Waals surface area contributed by atoms with Crippen LogP contribution >= 0.6 is 23.1 Å². The van der Waals surface area contributed by atoms with Crippen molar-refractivity contribution in [1.29, 1.82) is 0 Å². The summed E-state index contributed by atoms with van der Waals surface area (Å²) in [6, 6.07) is 7.59. The second kappa shape index (κ2) is 6.35. The zero-order valence-electron chi connectivity index (χ0n) is 12.3. The van der Waals surface area contributed by atoms with Crippen molar-refractivity contribution in [1.82, 2.24) is 8.75 Å². The molecular formula is C15H14N4O2S2. The minimum absolute atomic E-state index is 0.329. The Hall–Kier alpha value is -2.45. The van der Waals surface area contributed by atoms with Crippen LogP contribution in [-0.2, 0) is 6.61 Å². The van der Waals surface area contributed by atoms with Gasteiger partial charge >= 0.3 is 0 Å². The van der Waals surface area contributed by atoms with E-state index in [1.165, 1.54) is 11.3 Å². The molecule has 0 bridgehead atoms. The highest BCUT2D eigenvalue weighted by Crippen LogP contribution is 2.41. The fraction of sp³-hybridized carbons (Fsp3) is 0.133. The third-order valence-electron chi connectivity index (χ3n) is 3.33. The maximum Gasteiger partial charge on any atom is 0.251 e. The Balaban J connectivity index is 1.97. The predicted molar refractivity (Wildman–Crippen MR) is 91.7 cm³/mol. The maximum absolute atomic E-state index is 11.6. The van der Waals surface area contributed by atoms with Crippen molar-refractivity contribution in [2.45, 2.75) is 13.5 Å². The Morgan fingerprint density at radius 3 is 2.78 bits per heavy atom. The molecule has 0 unspecified atom stereocenters.